The largest absolute Gasteiger partial charge is 0.351 e. The lowest BCUT2D eigenvalue weighted by Gasteiger charge is -2.32. The van der Waals surface area contributed by atoms with Crippen molar-refractivity contribution in [1.82, 2.24) is 5.32 Å². The Labute approximate surface area is 179 Å². The highest BCUT2D eigenvalue weighted by Crippen LogP contribution is 2.31. The Balaban J connectivity index is 1.78. The summed E-state index contributed by atoms with van der Waals surface area (Å²) in [5, 5.41) is 4.96. The molecule has 0 radical (unpaired) electrons. The van der Waals surface area contributed by atoms with Crippen molar-refractivity contribution in [3.63, 3.8) is 0 Å². The van der Waals surface area contributed by atoms with Gasteiger partial charge in [0.15, 0.2) is 0 Å². The molecule has 1 aliphatic rings. The summed E-state index contributed by atoms with van der Waals surface area (Å²) in [5.41, 5.74) is 1.19. The van der Waals surface area contributed by atoms with Crippen molar-refractivity contribution < 1.29 is 14.0 Å². The number of thiophene rings is 1. The van der Waals surface area contributed by atoms with Gasteiger partial charge >= 0.3 is 0 Å². The smallest absolute Gasteiger partial charge is 0.269 e. The lowest BCUT2D eigenvalue weighted by atomic mass is 10.0. The first-order chi connectivity index (χ1) is 14.6. The first-order valence-electron chi connectivity index (χ1n) is 10.1. The Morgan fingerprint density at radius 2 is 1.67 bits per heavy atom. The van der Waals surface area contributed by atoms with Gasteiger partial charge < -0.3 is 5.32 Å². The fourth-order valence-electron chi connectivity index (χ4n) is 3.91. The van der Waals surface area contributed by atoms with Crippen LogP contribution in [0.15, 0.2) is 72.1 Å². The molecule has 1 heterocycles. The van der Waals surface area contributed by atoms with E-state index in [-0.39, 0.29) is 17.9 Å². The van der Waals surface area contributed by atoms with Gasteiger partial charge in [-0.25, -0.2) is 4.39 Å². The van der Waals surface area contributed by atoms with E-state index in [2.05, 4.69) is 5.32 Å². The minimum absolute atomic E-state index is 0.121. The normalized spacial score (nSPS) is 15.0. The van der Waals surface area contributed by atoms with Crippen molar-refractivity contribution in [3.8, 4) is 0 Å². The van der Waals surface area contributed by atoms with Gasteiger partial charge in [-0.05, 0) is 54.1 Å². The van der Waals surface area contributed by atoms with Crippen LogP contribution in [0.2, 0.25) is 0 Å². The lowest BCUT2D eigenvalue weighted by Crippen LogP contribution is -2.46. The van der Waals surface area contributed by atoms with Gasteiger partial charge in [-0.3, -0.25) is 14.5 Å². The molecule has 6 heteroatoms. The summed E-state index contributed by atoms with van der Waals surface area (Å²) in [4.78, 5) is 29.0. The highest BCUT2D eigenvalue weighted by molar-refractivity contribution is 7.12. The quantitative estimate of drug-likeness (QED) is 0.583. The van der Waals surface area contributed by atoms with Crippen LogP contribution >= 0.6 is 11.3 Å². The molecule has 1 atom stereocenters. The summed E-state index contributed by atoms with van der Waals surface area (Å²) in [5.74, 6) is -0.900. The number of hydrogen-bond acceptors (Lipinski definition) is 3. The lowest BCUT2D eigenvalue weighted by molar-refractivity contribution is -0.123. The Hall–Kier alpha value is -2.99. The van der Waals surface area contributed by atoms with E-state index in [1.807, 2.05) is 35.7 Å². The minimum Gasteiger partial charge on any atom is -0.351 e. The molecule has 4 nitrogen and oxygen atoms in total. The van der Waals surface area contributed by atoms with E-state index in [0.29, 0.717) is 16.1 Å². The summed E-state index contributed by atoms with van der Waals surface area (Å²) >= 11 is 1.32. The fraction of sp³-hybridized carbons (Fsp3) is 0.250. The molecule has 3 aromatic rings. The number of benzene rings is 2. The van der Waals surface area contributed by atoms with Crippen LogP contribution < -0.4 is 10.2 Å². The van der Waals surface area contributed by atoms with Gasteiger partial charge in [0.25, 0.3) is 5.91 Å². The maximum atomic E-state index is 13.6. The van der Waals surface area contributed by atoms with Crippen LogP contribution in [-0.2, 0) is 4.79 Å². The number of nitrogens with zero attached hydrogens (tertiary/aromatic N) is 1. The van der Waals surface area contributed by atoms with Crippen LogP contribution in [0.25, 0.3) is 0 Å². The molecule has 154 valence electrons. The van der Waals surface area contributed by atoms with E-state index in [4.69, 9.17) is 0 Å². The van der Waals surface area contributed by atoms with E-state index in [1.54, 1.807) is 24.3 Å². The highest BCUT2D eigenvalue weighted by atomic mass is 32.1. The molecule has 4 rings (SSSR count). The third kappa shape index (κ3) is 4.44. The molecule has 1 fully saturated rings. The van der Waals surface area contributed by atoms with Crippen molar-refractivity contribution in [3.05, 3.63) is 88.4 Å². The van der Waals surface area contributed by atoms with Gasteiger partial charge in [0.1, 0.15) is 11.9 Å². The number of amides is 2. The summed E-state index contributed by atoms with van der Waals surface area (Å²) in [7, 11) is 0. The summed E-state index contributed by atoms with van der Waals surface area (Å²) in [6, 6.07) is 17.8. The SMILES string of the molecule is O=C(NC1CCCC1)[C@H](c1ccccc1)N(C(=O)c1cccs1)c1ccc(F)cc1. The first-order valence-corrected chi connectivity index (χ1v) is 11.0. The topological polar surface area (TPSA) is 49.4 Å². The molecule has 1 saturated carbocycles. The average Bonchev–Trinajstić information content (AvgIpc) is 3.47. The van der Waals surface area contributed by atoms with Crippen molar-refractivity contribution in [1.29, 1.82) is 0 Å². The molecule has 2 aromatic carbocycles. The monoisotopic (exact) mass is 422 g/mol. The molecular formula is C24H23FN2O2S. The molecule has 0 unspecified atom stereocenters. The van der Waals surface area contributed by atoms with Crippen LogP contribution in [0, 0.1) is 5.82 Å². The van der Waals surface area contributed by atoms with Crippen LogP contribution in [0.1, 0.15) is 47.0 Å². The van der Waals surface area contributed by atoms with E-state index in [9.17, 15) is 14.0 Å². The summed E-state index contributed by atoms with van der Waals surface area (Å²) < 4.78 is 13.6. The maximum absolute atomic E-state index is 13.6. The van der Waals surface area contributed by atoms with E-state index >= 15 is 0 Å². The fourth-order valence-corrected chi connectivity index (χ4v) is 4.57. The van der Waals surface area contributed by atoms with Crippen LogP contribution in [0.4, 0.5) is 10.1 Å². The second kappa shape index (κ2) is 9.22. The third-order valence-electron chi connectivity index (χ3n) is 5.38. The number of carbonyl (C=O) groups is 2. The second-order valence-corrected chi connectivity index (χ2v) is 8.38. The predicted octanol–water partition coefficient (Wildman–Crippen LogP) is 5.33. The number of hydrogen-bond donors (Lipinski definition) is 1. The van der Waals surface area contributed by atoms with Gasteiger partial charge in [0.05, 0.1) is 4.88 Å². The van der Waals surface area contributed by atoms with Gasteiger partial charge in [-0.15, -0.1) is 11.3 Å². The molecule has 2 amide bonds. The Kier molecular flexibility index (Phi) is 6.23. The first kappa shape index (κ1) is 20.3. The molecular weight excluding hydrogens is 399 g/mol. The highest BCUT2D eigenvalue weighted by Gasteiger charge is 2.35. The van der Waals surface area contributed by atoms with Gasteiger partial charge in [-0.2, -0.15) is 0 Å². The maximum Gasteiger partial charge on any atom is 0.269 e. The van der Waals surface area contributed by atoms with E-state index in [1.165, 1.54) is 28.4 Å². The number of halogens is 1. The van der Waals surface area contributed by atoms with Gasteiger partial charge in [0.2, 0.25) is 5.91 Å². The van der Waals surface area contributed by atoms with Crippen molar-refractivity contribution in [2.75, 3.05) is 4.90 Å². The number of anilines is 1. The molecule has 30 heavy (non-hydrogen) atoms. The zero-order valence-electron chi connectivity index (χ0n) is 16.5. The van der Waals surface area contributed by atoms with E-state index < -0.39 is 11.9 Å². The number of nitrogens with one attached hydrogen (secondary N) is 1. The predicted molar refractivity (Wildman–Crippen MR) is 117 cm³/mol. The van der Waals surface area contributed by atoms with Crippen molar-refractivity contribution in [2.45, 2.75) is 37.8 Å². The zero-order valence-corrected chi connectivity index (χ0v) is 17.3. The van der Waals surface area contributed by atoms with Crippen LogP contribution in [-0.4, -0.2) is 17.9 Å². The number of carbonyl (C=O) groups excluding carboxylic acids is 2. The molecule has 1 aliphatic carbocycles. The van der Waals surface area contributed by atoms with Crippen LogP contribution in [0.5, 0.6) is 0 Å². The van der Waals surface area contributed by atoms with Crippen LogP contribution in [0.3, 0.4) is 0 Å². The van der Waals surface area contributed by atoms with E-state index in [0.717, 1.165) is 25.7 Å². The van der Waals surface area contributed by atoms with Crippen molar-refractivity contribution in [2.24, 2.45) is 0 Å². The minimum atomic E-state index is -0.855. The standard InChI is InChI=1S/C24H23FN2O2S/c25-18-12-14-20(15-13-18)27(24(29)21-11-6-16-30-21)22(17-7-2-1-3-8-17)23(28)26-19-9-4-5-10-19/h1-3,6-8,11-16,19,22H,4-5,9-10H2,(H,26,28)/t22-/m0/s1. The van der Waals surface area contributed by atoms with Crippen molar-refractivity contribution >= 4 is 28.8 Å². The molecule has 0 aliphatic heterocycles. The van der Waals surface area contributed by atoms with Gasteiger partial charge in [-0.1, -0.05) is 49.2 Å². The average molecular weight is 423 g/mol. The Morgan fingerprint density at radius 3 is 2.30 bits per heavy atom. The Morgan fingerprint density at radius 1 is 0.967 bits per heavy atom. The molecule has 1 N–H and O–H groups in total. The summed E-state index contributed by atoms with van der Waals surface area (Å²) in [6.07, 6.45) is 4.08. The molecule has 0 spiro atoms. The molecule has 0 bridgehead atoms. The van der Waals surface area contributed by atoms with Gasteiger partial charge in [0, 0.05) is 11.7 Å². The second-order valence-electron chi connectivity index (χ2n) is 7.43. The summed E-state index contributed by atoms with van der Waals surface area (Å²) in [6.45, 7) is 0. The molecule has 1 aromatic heterocycles. The zero-order chi connectivity index (χ0) is 20.9. The number of rotatable bonds is 6. The molecule has 0 saturated heterocycles. The Bertz CT molecular complexity index is 984. The third-order valence-corrected chi connectivity index (χ3v) is 6.24.